The van der Waals surface area contributed by atoms with Gasteiger partial charge >= 0.3 is 12.1 Å². The van der Waals surface area contributed by atoms with Gasteiger partial charge in [0.15, 0.2) is 5.60 Å². The predicted octanol–water partition coefficient (Wildman–Crippen LogP) is 3.09. The molecule has 2 aliphatic rings. The van der Waals surface area contributed by atoms with Gasteiger partial charge in [0.1, 0.15) is 6.61 Å². The molecule has 2 aromatic rings. The normalized spacial score (nSPS) is 21.7. The number of rotatable bonds is 2. The molecule has 1 saturated heterocycles. The van der Waals surface area contributed by atoms with Crippen molar-refractivity contribution in [3.05, 3.63) is 71.3 Å². The van der Waals surface area contributed by atoms with Gasteiger partial charge in [0.05, 0.1) is 12.1 Å². The lowest BCUT2D eigenvalue weighted by atomic mass is 9.92. The third-order valence-corrected chi connectivity index (χ3v) is 4.62. The first kappa shape index (κ1) is 14.8. The van der Waals surface area contributed by atoms with Gasteiger partial charge in [0.2, 0.25) is 0 Å². The van der Waals surface area contributed by atoms with E-state index in [0.717, 1.165) is 11.1 Å². The van der Waals surface area contributed by atoms with Crippen LogP contribution in [0.15, 0.2) is 54.6 Å². The summed E-state index contributed by atoms with van der Waals surface area (Å²) >= 11 is 0. The van der Waals surface area contributed by atoms with Gasteiger partial charge in [-0.2, -0.15) is 0 Å². The third kappa shape index (κ3) is 2.42. The minimum atomic E-state index is -0.723. The number of amides is 1. The first-order valence-electron chi connectivity index (χ1n) is 7.96. The molecule has 2 aliphatic heterocycles. The predicted molar refractivity (Wildman–Crippen MR) is 86.4 cm³/mol. The molecule has 4 rings (SSSR count). The van der Waals surface area contributed by atoms with Crippen molar-refractivity contribution in [1.29, 1.82) is 0 Å². The molecule has 1 atom stereocenters. The van der Waals surface area contributed by atoms with E-state index in [4.69, 9.17) is 9.47 Å². The molecule has 5 heteroatoms. The molecule has 0 N–H and O–H groups in total. The fourth-order valence-corrected chi connectivity index (χ4v) is 3.40. The molecule has 1 unspecified atom stereocenters. The highest BCUT2D eigenvalue weighted by Gasteiger charge is 2.51. The summed E-state index contributed by atoms with van der Waals surface area (Å²) < 4.78 is 11.0. The molecule has 0 bridgehead atoms. The lowest BCUT2D eigenvalue weighted by Gasteiger charge is -2.23. The SMILES string of the molecule is O=C1OC2(CCN(C(=O)OCc3ccccc3)C2)c2ccccc21. The van der Waals surface area contributed by atoms with Gasteiger partial charge in [-0.3, -0.25) is 0 Å². The summed E-state index contributed by atoms with van der Waals surface area (Å²) in [6, 6.07) is 16.9. The number of carbonyl (C=O) groups is 2. The van der Waals surface area contributed by atoms with Crippen LogP contribution in [0, 0.1) is 0 Å². The van der Waals surface area contributed by atoms with Gasteiger partial charge in [-0.1, -0.05) is 48.5 Å². The van der Waals surface area contributed by atoms with E-state index in [1.807, 2.05) is 48.5 Å². The summed E-state index contributed by atoms with van der Waals surface area (Å²) in [7, 11) is 0. The molecular formula is C19H17NO4. The molecule has 122 valence electrons. The van der Waals surface area contributed by atoms with Crippen LogP contribution < -0.4 is 0 Å². The largest absolute Gasteiger partial charge is 0.449 e. The fraction of sp³-hybridized carbons (Fsp3) is 0.263. The van der Waals surface area contributed by atoms with Crippen molar-refractivity contribution >= 4 is 12.1 Å². The van der Waals surface area contributed by atoms with E-state index in [0.29, 0.717) is 25.1 Å². The molecule has 0 aromatic heterocycles. The molecule has 0 saturated carbocycles. The summed E-state index contributed by atoms with van der Waals surface area (Å²) in [6.07, 6.45) is 0.215. The molecule has 5 nitrogen and oxygen atoms in total. The Kier molecular flexibility index (Phi) is 3.49. The van der Waals surface area contributed by atoms with Crippen molar-refractivity contribution in [2.75, 3.05) is 13.1 Å². The number of fused-ring (bicyclic) bond motifs is 2. The van der Waals surface area contributed by atoms with Crippen LogP contribution in [0.1, 0.15) is 27.9 Å². The molecular weight excluding hydrogens is 306 g/mol. The molecule has 0 radical (unpaired) electrons. The van der Waals surface area contributed by atoms with E-state index in [1.165, 1.54) is 0 Å². The molecule has 1 fully saturated rings. The maximum absolute atomic E-state index is 12.3. The van der Waals surface area contributed by atoms with Crippen molar-refractivity contribution in [1.82, 2.24) is 4.90 Å². The summed E-state index contributed by atoms with van der Waals surface area (Å²) in [4.78, 5) is 26.0. The van der Waals surface area contributed by atoms with Crippen LogP contribution in [-0.4, -0.2) is 30.1 Å². The first-order valence-corrected chi connectivity index (χ1v) is 7.96. The Labute approximate surface area is 139 Å². The maximum atomic E-state index is 12.3. The van der Waals surface area contributed by atoms with E-state index in [-0.39, 0.29) is 18.7 Å². The van der Waals surface area contributed by atoms with E-state index in [9.17, 15) is 9.59 Å². The van der Waals surface area contributed by atoms with Crippen molar-refractivity contribution in [2.45, 2.75) is 18.6 Å². The van der Waals surface area contributed by atoms with Crippen LogP contribution in [0.2, 0.25) is 0 Å². The number of ether oxygens (including phenoxy) is 2. The molecule has 2 heterocycles. The zero-order valence-electron chi connectivity index (χ0n) is 13.1. The Morgan fingerprint density at radius 1 is 1.12 bits per heavy atom. The van der Waals surface area contributed by atoms with Crippen molar-refractivity contribution < 1.29 is 19.1 Å². The van der Waals surface area contributed by atoms with Gasteiger partial charge in [-0.15, -0.1) is 0 Å². The quantitative estimate of drug-likeness (QED) is 0.797. The zero-order chi connectivity index (χ0) is 16.6. The highest BCUT2D eigenvalue weighted by atomic mass is 16.6. The van der Waals surface area contributed by atoms with Gasteiger partial charge in [0, 0.05) is 18.5 Å². The molecule has 2 aromatic carbocycles. The Morgan fingerprint density at radius 2 is 1.88 bits per heavy atom. The van der Waals surface area contributed by atoms with Gasteiger partial charge in [-0.05, 0) is 11.6 Å². The smallest absolute Gasteiger partial charge is 0.410 e. The molecule has 24 heavy (non-hydrogen) atoms. The van der Waals surface area contributed by atoms with E-state index >= 15 is 0 Å². The third-order valence-electron chi connectivity index (χ3n) is 4.62. The highest BCUT2D eigenvalue weighted by molar-refractivity contribution is 5.95. The summed E-state index contributed by atoms with van der Waals surface area (Å²) in [5.74, 6) is -0.315. The Hall–Kier alpha value is -2.82. The van der Waals surface area contributed by atoms with E-state index in [2.05, 4.69) is 0 Å². The number of carbonyl (C=O) groups excluding carboxylic acids is 2. The summed E-state index contributed by atoms with van der Waals surface area (Å²) in [6.45, 7) is 1.08. The monoisotopic (exact) mass is 323 g/mol. The van der Waals surface area contributed by atoms with Crippen LogP contribution in [-0.2, 0) is 21.7 Å². The first-order chi connectivity index (χ1) is 11.7. The van der Waals surface area contributed by atoms with Crippen molar-refractivity contribution in [3.8, 4) is 0 Å². The number of hydrogen-bond acceptors (Lipinski definition) is 4. The standard InChI is InChI=1S/C19H17NO4/c21-17-15-8-4-5-9-16(15)19(24-17)10-11-20(13-19)18(22)23-12-14-6-2-1-3-7-14/h1-9H,10-13H2. The van der Waals surface area contributed by atoms with Crippen LogP contribution in [0.4, 0.5) is 4.79 Å². The molecule has 1 spiro atoms. The zero-order valence-corrected chi connectivity index (χ0v) is 13.1. The molecule has 1 amide bonds. The van der Waals surface area contributed by atoms with Crippen LogP contribution in [0.25, 0.3) is 0 Å². The number of likely N-dealkylation sites (tertiary alicyclic amines) is 1. The highest BCUT2D eigenvalue weighted by Crippen LogP contribution is 2.43. The Bertz CT molecular complexity index is 789. The van der Waals surface area contributed by atoms with E-state index < -0.39 is 5.60 Å². The minimum absolute atomic E-state index is 0.236. The number of nitrogens with zero attached hydrogens (tertiary/aromatic N) is 1. The maximum Gasteiger partial charge on any atom is 0.410 e. The minimum Gasteiger partial charge on any atom is -0.449 e. The average Bonchev–Trinajstić information content (AvgIpc) is 3.17. The second kappa shape index (κ2) is 5.67. The van der Waals surface area contributed by atoms with Crippen molar-refractivity contribution in [2.24, 2.45) is 0 Å². The summed E-state index contributed by atoms with van der Waals surface area (Å²) in [5, 5.41) is 0. The molecule has 0 aliphatic carbocycles. The van der Waals surface area contributed by atoms with Crippen molar-refractivity contribution in [3.63, 3.8) is 0 Å². The number of benzene rings is 2. The summed E-state index contributed by atoms with van der Waals surface area (Å²) in [5.41, 5.74) is 1.68. The van der Waals surface area contributed by atoms with E-state index in [1.54, 1.807) is 11.0 Å². The number of esters is 1. The Morgan fingerprint density at radius 3 is 2.71 bits per heavy atom. The number of hydrogen-bond donors (Lipinski definition) is 0. The lowest BCUT2D eigenvalue weighted by molar-refractivity contribution is -0.00390. The lowest BCUT2D eigenvalue weighted by Crippen LogP contribution is -2.35. The Balaban J connectivity index is 1.45. The topological polar surface area (TPSA) is 55.8 Å². The second-order valence-electron chi connectivity index (χ2n) is 6.14. The van der Waals surface area contributed by atoms with Gasteiger partial charge in [-0.25, -0.2) is 9.59 Å². The average molecular weight is 323 g/mol. The van der Waals surface area contributed by atoms with Crippen LogP contribution in [0.3, 0.4) is 0 Å². The van der Waals surface area contributed by atoms with Gasteiger partial charge in [0.25, 0.3) is 0 Å². The fourth-order valence-electron chi connectivity index (χ4n) is 3.40. The van der Waals surface area contributed by atoms with Crippen LogP contribution >= 0.6 is 0 Å². The van der Waals surface area contributed by atoms with Crippen LogP contribution in [0.5, 0.6) is 0 Å². The van der Waals surface area contributed by atoms with Gasteiger partial charge < -0.3 is 14.4 Å². The second-order valence-corrected chi connectivity index (χ2v) is 6.14.